The zero-order chi connectivity index (χ0) is 12.3. The highest BCUT2D eigenvalue weighted by molar-refractivity contribution is 5.36. The van der Waals surface area contributed by atoms with Gasteiger partial charge in [0.15, 0.2) is 0 Å². The minimum absolute atomic E-state index is 0.201. The molecule has 0 radical (unpaired) electrons. The Kier molecular flexibility index (Phi) is 4.00. The SMILES string of the molecule is CC(C)c1cc(F)ccc1OC1CCOCC1. The smallest absolute Gasteiger partial charge is 0.123 e. The van der Waals surface area contributed by atoms with E-state index in [0.717, 1.165) is 37.4 Å². The van der Waals surface area contributed by atoms with Crippen molar-refractivity contribution in [3.63, 3.8) is 0 Å². The molecule has 0 atom stereocenters. The van der Waals surface area contributed by atoms with E-state index < -0.39 is 0 Å². The van der Waals surface area contributed by atoms with Crippen molar-refractivity contribution in [3.05, 3.63) is 29.6 Å². The van der Waals surface area contributed by atoms with Gasteiger partial charge in [-0.15, -0.1) is 0 Å². The highest BCUT2D eigenvalue weighted by Gasteiger charge is 2.18. The quantitative estimate of drug-likeness (QED) is 0.802. The topological polar surface area (TPSA) is 18.5 Å². The van der Waals surface area contributed by atoms with Gasteiger partial charge in [-0.1, -0.05) is 13.8 Å². The number of hydrogen-bond donors (Lipinski definition) is 0. The predicted octanol–water partition coefficient (Wildman–Crippen LogP) is 3.51. The lowest BCUT2D eigenvalue weighted by atomic mass is 10.0. The highest BCUT2D eigenvalue weighted by Crippen LogP contribution is 2.29. The van der Waals surface area contributed by atoms with Crippen molar-refractivity contribution in [1.82, 2.24) is 0 Å². The number of ether oxygens (including phenoxy) is 2. The lowest BCUT2D eigenvalue weighted by Gasteiger charge is -2.25. The molecule has 0 N–H and O–H groups in total. The van der Waals surface area contributed by atoms with E-state index in [2.05, 4.69) is 0 Å². The molecule has 0 aromatic heterocycles. The van der Waals surface area contributed by atoms with E-state index in [1.165, 1.54) is 6.07 Å². The molecule has 1 aromatic carbocycles. The second kappa shape index (κ2) is 5.50. The van der Waals surface area contributed by atoms with Gasteiger partial charge in [-0.3, -0.25) is 0 Å². The first-order valence-corrected chi connectivity index (χ1v) is 6.20. The third-order valence-electron chi connectivity index (χ3n) is 3.06. The fourth-order valence-corrected chi connectivity index (χ4v) is 2.05. The summed E-state index contributed by atoms with van der Waals surface area (Å²) < 4.78 is 24.5. The Labute approximate surface area is 102 Å². The van der Waals surface area contributed by atoms with Gasteiger partial charge in [-0.25, -0.2) is 4.39 Å². The molecule has 0 saturated carbocycles. The molecule has 1 aromatic rings. The standard InChI is InChI=1S/C14H19FO2/c1-10(2)13-9-11(15)3-4-14(13)17-12-5-7-16-8-6-12/h3-4,9-10,12H,5-8H2,1-2H3. The first-order chi connectivity index (χ1) is 8.16. The largest absolute Gasteiger partial charge is 0.490 e. The van der Waals surface area contributed by atoms with Gasteiger partial charge in [0.25, 0.3) is 0 Å². The van der Waals surface area contributed by atoms with Crippen molar-refractivity contribution in [3.8, 4) is 5.75 Å². The van der Waals surface area contributed by atoms with Crippen LogP contribution in [0.1, 0.15) is 38.2 Å². The minimum atomic E-state index is -0.201. The van der Waals surface area contributed by atoms with Crippen molar-refractivity contribution in [2.75, 3.05) is 13.2 Å². The van der Waals surface area contributed by atoms with E-state index in [9.17, 15) is 4.39 Å². The Hall–Kier alpha value is -1.09. The molecular formula is C14H19FO2. The summed E-state index contributed by atoms with van der Waals surface area (Å²) in [6, 6.07) is 4.76. The zero-order valence-electron chi connectivity index (χ0n) is 10.4. The summed E-state index contributed by atoms with van der Waals surface area (Å²) in [5.41, 5.74) is 0.941. The molecule has 0 bridgehead atoms. The number of rotatable bonds is 3. The van der Waals surface area contributed by atoms with Gasteiger partial charge in [0, 0.05) is 12.8 Å². The van der Waals surface area contributed by atoms with Crippen LogP contribution in [0.4, 0.5) is 4.39 Å². The summed E-state index contributed by atoms with van der Waals surface area (Å²) >= 11 is 0. The number of hydrogen-bond acceptors (Lipinski definition) is 2. The first kappa shape index (κ1) is 12.4. The summed E-state index contributed by atoms with van der Waals surface area (Å²) in [5.74, 6) is 0.877. The highest BCUT2D eigenvalue weighted by atomic mass is 19.1. The Bertz CT molecular complexity index is 370. The maximum absolute atomic E-state index is 13.2. The van der Waals surface area contributed by atoms with E-state index >= 15 is 0 Å². The average Bonchev–Trinajstić information content (AvgIpc) is 2.32. The van der Waals surface area contributed by atoms with E-state index in [4.69, 9.17) is 9.47 Å². The number of halogens is 1. The van der Waals surface area contributed by atoms with Crippen LogP contribution in [-0.2, 0) is 4.74 Å². The summed E-state index contributed by atoms with van der Waals surface area (Å²) in [5, 5.41) is 0. The summed E-state index contributed by atoms with van der Waals surface area (Å²) in [6.07, 6.45) is 2.02. The molecule has 0 aliphatic carbocycles. The molecule has 1 heterocycles. The summed E-state index contributed by atoms with van der Waals surface area (Å²) in [6.45, 7) is 5.60. The molecule has 1 saturated heterocycles. The van der Waals surface area contributed by atoms with E-state index in [-0.39, 0.29) is 17.8 Å². The van der Waals surface area contributed by atoms with Gasteiger partial charge in [-0.05, 0) is 29.7 Å². The van der Waals surface area contributed by atoms with Gasteiger partial charge in [0.2, 0.25) is 0 Å². The van der Waals surface area contributed by atoms with Gasteiger partial charge < -0.3 is 9.47 Å². The van der Waals surface area contributed by atoms with Crippen LogP contribution in [0, 0.1) is 5.82 Å². The Balaban J connectivity index is 2.13. The van der Waals surface area contributed by atoms with E-state index in [1.807, 2.05) is 13.8 Å². The number of benzene rings is 1. The molecule has 3 heteroatoms. The summed E-state index contributed by atoms with van der Waals surface area (Å²) in [7, 11) is 0. The molecule has 2 nitrogen and oxygen atoms in total. The zero-order valence-corrected chi connectivity index (χ0v) is 10.4. The van der Waals surface area contributed by atoms with E-state index in [0.29, 0.717) is 0 Å². The Morgan fingerprint density at radius 2 is 2.00 bits per heavy atom. The van der Waals surface area contributed by atoms with Gasteiger partial charge in [0.1, 0.15) is 17.7 Å². The van der Waals surface area contributed by atoms with E-state index in [1.54, 1.807) is 12.1 Å². The maximum atomic E-state index is 13.2. The molecule has 1 aliphatic heterocycles. The first-order valence-electron chi connectivity index (χ1n) is 6.20. The van der Waals surface area contributed by atoms with Crippen molar-refractivity contribution in [2.24, 2.45) is 0 Å². The van der Waals surface area contributed by atoms with Crippen LogP contribution in [0.25, 0.3) is 0 Å². The molecule has 94 valence electrons. The normalized spacial score (nSPS) is 17.4. The Morgan fingerprint density at radius 3 is 2.65 bits per heavy atom. The molecule has 17 heavy (non-hydrogen) atoms. The van der Waals surface area contributed by atoms with Crippen molar-refractivity contribution in [1.29, 1.82) is 0 Å². The predicted molar refractivity (Wildman–Crippen MR) is 65.0 cm³/mol. The summed E-state index contributed by atoms with van der Waals surface area (Å²) in [4.78, 5) is 0. The van der Waals surface area contributed by atoms with Crippen molar-refractivity contribution in [2.45, 2.75) is 38.7 Å². The fourth-order valence-electron chi connectivity index (χ4n) is 2.05. The average molecular weight is 238 g/mol. The third-order valence-corrected chi connectivity index (χ3v) is 3.06. The van der Waals surface area contributed by atoms with Gasteiger partial charge in [0.05, 0.1) is 13.2 Å². The second-order valence-corrected chi connectivity index (χ2v) is 4.77. The van der Waals surface area contributed by atoms with Gasteiger partial charge in [-0.2, -0.15) is 0 Å². The van der Waals surface area contributed by atoms with Crippen LogP contribution >= 0.6 is 0 Å². The Morgan fingerprint density at radius 1 is 1.29 bits per heavy atom. The lowest BCUT2D eigenvalue weighted by Crippen LogP contribution is -2.26. The third kappa shape index (κ3) is 3.19. The van der Waals surface area contributed by atoms with Crippen LogP contribution in [0.2, 0.25) is 0 Å². The van der Waals surface area contributed by atoms with Crippen molar-refractivity contribution >= 4 is 0 Å². The molecule has 2 rings (SSSR count). The molecule has 0 amide bonds. The molecule has 1 aliphatic rings. The molecule has 1 fully saturated rings. The second-order valence-electron chi connectivity index (χ2n) is 4.77. The molecular weight excluding hydrogens is 219 g/mol. The van der Waals surface area contributed by atoms with Crippen LogP contribution < -0.4 is 4.74 Å². The lowest BCUT2D eigenvalue weighted by molar-refractivity contribution is 0.0251. The molecule has 0 spiro atoms. The van der Waals surface area contributed by atoms with Crippen LogP contribution in [-0.4, -0.2) is 19.3 Å². The van der Waals surface area contributed by atoms with Crippen LogP contribution in [0.3, 0.4) is 0 Å². The molecule has 0 unspecified atom stereocenters. The van der Waals surface area contributed by atoms with Crippen molar-refractivity contribution < 1.29 is 13.9 Å². The minimum Gasteiger partial charge on any atom is -0.490 e. The van der Waals surface area contributed by atoms with Crippen LogP contribution in [0.5, 0.6) is 5.75 Å². The van der Waals surface area contributed by atoms with Crippen LogP contribution in [0.15, 0.2) is 18.2 Å². The maximum Gasteiger partial charge on any atom is 0.123 e. The van der Waals surface area contributed by atoms with Gasteiger partial charge >= 0.3 is 0 Å². The fraction of sp³-hybridized carbons (Fsp3) is 0.571. The monoisotopic (exact) mass is 238 g/mol.